The Labute approximate surface area is 166 Å². The van der Waals surface area contributed by atoms with E-state index in [-0.39, 0.29) is 18.1 Å². The molecular formula is C19H22FN6OS+. The van der Waals surface area contributed by atoms with Crippen molar-refractivity contribution in [1.82, 2.24) is 20.2 Å². The van der Waals surface area contributed by atoms with Gasteiger partial charge < -0.3 is 15.0 Å². The van der Waals surface area contributed by atoms with Crippen LogP contribution in [0.25, 0.3) is 5.69 Å². The predicted octanol–water partition coefficient (Wildman–Crippen LogP) is 1.62. The van der Waals surface area contributed by atoms with Crippen LogP contribution in [0.15, 0.2) is 53.7 Å². The number of tetrazole rings is 1. The van der Waals surface area contributed by atoms with E-state index in [9.17, 15) is 4.39 Å². The SMILES string of the molecule is CN(C)c1ccc([C@@H]2[NH2+]C[C@H](CSc3nnnn3-c3cccc(F)c3)O2)cc1. The van der Waals surface area contributed by atoms with E-state index < -0.39 is 0 Å². The van der Waals surface area contributed by atoms with Crippen LogP contribution in [0.4, 0.5) is 10.1 Å². The van der Waals surface area contributed by atoms with E-state index in [4.69, 9.17) is 4.74 Å². The standard InChI is InChI=1S/C19H21FN6OS/c1-25(2)15-8-6-13(7-9-15)18-21-11-17(27-18)12-28-19-22-23-24-26(19)16-5-3-4-14(20)10-16/h3-10,17-18,21H,11-12H2,1-2H3/p+1/t17-,18-/m1/s1. The number of hydrogen-bond acceptors (Lipinski definition) is 6. The highest BCUT2D eigenvalue weighted by atomic mass is 32.2. The third kappa shape index (κ3) is 4.16. The topological polar surface area (TPSA) is 72.7 Å². The average molecular weight is 401 g/mol. The summed E-state index contributed by atoms with van der Waals surface area (Å²) in [7, 11) is 4.05. The first kappa shape index (κ1) is 18.9. The molecule has 4 rings (SSSR count). The molecule has 28 heavy (non-hydrogen) atoms. The van der Waals surface area contributed by atoms with Crippen molar-refractivity contribution in [3.8, 4) is 5.69 Å². The van der Waals surface area contributed by atoms with Crippen molar-refractivity contribution >= 4 is 17.4 Å². The Bertz CT molecular complexity index is 932. The largest absolute Gasteiger partial charge is 0.378 e. The van der Waals surface area contributed by atoms with Gasteiger partial charge in [-0.1, -0.05) is 17.8 Å². The third-order valence-electron chi connectivity index (χ3n) is 4.58. The molecule has 7 nitrogen and oxygen atoms in total. The molecule has 9 heteroatoms. The number of hydrogen-bond donors (Lipinski definition) is 1. The van der Waals surface area contributed by atoms with Gasteiger partial charge in [-0.2, -0.15) is 4.68 Å². The number of quaternary nitrogens is 1. The molecule has 2 atom stereocenters. The van der Waals surface area contributed by atoms with E-state index in [1.807, 2.05) is 14.1 Å². The molecule has 2 heterocycles. The van der Waals surface area contributed by atoms with Crippen molar-refractivity contribution in [3.05, 3.63) is 59.9 Å². The van der Waals surface area contributed by atoms with Gasteiger partial charge in [0, 0.05) is 31.1 Å². The van der Waals surface area contributed by atoms with Gasteiger partial charge in [0.2, 0.25) is 11.4 Å². The lowest BCUT2D eigenvalue weighted by Crippen LogP contribution is -2.82. The van der Waals surface area contributed by atoms with Crippen LogP contribution in [0.2, 0.25) is 0 Å². The highest BCUT2D eigenvalue weighted by molar-refractivity contribution is 7.99. The quantitative estimate of drug-likeness (QED) is 0.633. The van der Waals surface area contributed by atoms with Gasteiger partial charge in [0.1, 0.15) is 18.5 Å². The molecule has 1 aliphatic heterocycles. The van der Waals surface area contributed by atoms with E-state index in [1.54, 1.807) is 16.8 Å². The molecule has 2 aromatic carbocycles. The minimum Gasteiger partial charge on any atom is -0.378 e. The summed E-state index contributed by atoms with van der Waals surface area (Å²) in [6.45, 7) is 0.870. The second kappa shape index (κ2) is 8.26. The van der Waals surface area contributed by atoms with Gasteiger partial charge in [0.05, 0.1) is 5.69 Å². The summed E-state index contributed by atoms with van der Waals surface area (Å²) in [5.41, 5.74) is 2.92. The molecule has 0 amide bonds. The number of aromatic nitrogens is 4. The highest BCUT2D eigenvalue weighted by Crippen LogP contribution is 2.24. The number of nitrogens with zero attached hydrogens (tertiary/aromatic N) is 5. The second-order valence-electron chi connectivity index (χ2n) is 6.80. The lowest BCUT2D eigenvalue weighted by molar-refractivity contribution is -0.697. The van der Waals surface area contributed by atoms with Crippen molar-refractivity contribution in [2.24, 2.45) is 0 Å². The van der Waals surface area contributed by atoms with Gasteiger partial charge in [0.25, 0.3) is 0 Å². The number of ether oxygens (including phenoxy) is 1. The molecule has 1 fully saturated rings. The molecule has 1 saturated heterocycles. The fourth-order valence-electron chi connectivity index (χ4n) is 3.08. The first-order chi connectivity index (χ1) is 13.6. The van der Waals surface area contributed by atoms with Crippen molar-refractivity contribution in [2.75, 3.05) is 31.3 Å². The molecule has 2 N–H and O–H groups in total. The zero-order valence-corrected chi connectivity index (χ0v) is 16.5. The lowest BCUT2D eigenvalue weighted by atomic mass is 10.2. The monoisotopic (exact) mass is 401 g/mol. The van der Waals surface area contributed by atoms with Gasteiger partial charge in [0.15, 0.2) is 0 Å². The van der Waals surface area contributed by atoms with Gasteiger partial charge in [-0.05, 0) is 52.9 Å². The fourth-order valence-corrected chi connectivity index (χ4v) is 3.99. The molecular weight excluding hydrogens is 379 g/mol. The van der Waals surface area contributed by atoms with Gasteiger partial charge in [-0.25, -0.2) is 4.39 Å². The molecule has 0 radical (unpaired) electrons. The molecule has 3 aromatic rings. The summed E-state index contributed by atoms with van der Waals surface area (Å²) < 4.78 is 21.2. The zero-order valence-electron chi connectivity index (χ0n) is 15.7. The summed E-state index contributed by atoms with van der Waals surface area (Å²) in [6.07, 6.45) is 0.0854. The van der Waals surface area contributed by atoms with Crippen molar-refractivity contribution in [1.29, 1.82) is 0 Å². The normalized spacial score (nSPS) is 19.1. The summed E-state index contributed by atoms with van der Waals surface area (Å²) in [5.74, 6) is 0.402. The number of rotatable bonds is 6. The maximum atomic E-state index is 13.5. The molecule has 0 unspecified atom stereocenters. The summed E-state index contributed by atoms with van der Waals surface area (Å²) in [5, 5.41) is 14.6. The van der Waals surface area contributed by atoms with Gasteiger partial charge >= 0.3 is 0 Å². The van der Waals surface area contributed by atoms with Crippen LogP contribution in [0.5, 0.6) is 0 Å². The smallest absolute Gasteiger partial charge is 0.217 e. The Balaban J connectivity index is 1.36. The summed E-state index contributed by atoms with van der Waals surface area (Å²) >= 11 is 1.51. The van der Waals surface area contributed by atoms with Crippen molar-refractivity contribution < 1.29 is 14.4 Å². The first-order valence-corrected chi connectivity index (χ1v) is 10.0. The molecule has 1 aliphatic rings. The lowest BCUT2D eigenvalue weighted by Gasteiger charge is -2.14. The number of anilines is 1. The van der Waals surface area contributed by atoms with Crippen molar-refractivity contribution in [3.63, 3.8) is 0 Å². The Morgan fingerprint density at radius 1 is 1.25 bits per heavy atom. The van der Waals surface area contributed by atoms with Crippen LogP contribution in [0.3, 0.4) is 0 Å². The molecule has 0 aliphatic carbocycles. The molecule has 0 saturated carbocycles. The van der Waals surface area contributed by atoms with Gasteiger partial charge in [-0.3, -0.25) is 0 Å². The van der Waals surface area contributed by atoms with Crippen LogP contribution in [0, 0.1) is 5.82 Å². The molecule has 0 spiro atoms. The van der Waals surface area contributed by atoms with Crippen molar-refractivity contribution in [2.45, 2.75) is 17.5 Å². The number of thioether (sulfide) groups is 1. The van der Waals surface area contributed by atoms with E-state index in [2.05, 4.69) is 50.0 Å². The van der Waals surface area contributed by atoms with E-state index in [0.29, 0.717) is 10.8 Å². The minimum absolute atomic E-state index is 0.000950. The maximum Gasteiger partial charge on any atom is 0.217 e. The molecule has 1 aromatic heterocycles. The second-order valence-corrected chi connectivity index (χ2v) is 7.79. The number of halogens is 1. The fraction of sp³-hybridized carbons (Fsp3) is 0.316. The minimum atomic E-state index is -0.319. The van der Waals surface area contributed by atoms with E-state index in [0.717, 1.165) is 23.5 Å². The van der Waals surface area contributed by atoms with Crippen LogP contribution < -0.4 is 10.2 Å². The van der Waals surface area contributed by atoms with E-state index in [1.165, 1.54) is 23.9 Å². The summed E-state index contributed by atoms with van der Waals surface area (Å²) in [4.78, 5) is 2.07. The third-order valence-corrected chi connectivity index (χ3v) is 5.63. The average Bonchev–Trinajstić information content (AvgIpc) is 3.36. The predicted molar refractivity (Wildman–Crippen MR) is 105 cm³/mol. The Morgan fingerprint density at radius 3 is 2.82 bits per heavy atom. The number of benzene rings is 2. The highest BCUT2D eigenvalue weighted by Gasteiger charge is 2.30. The Kier molecular flexibility index (Phi) is 5.56. The Morgan fingerprint density at radius 2 is 2.07 bits per heavy atom. The van der Waals surface area contributed by atoms with Crippen LogP contribution in [-0.2, 0) is 4.74 Å². The Hall–Kier alpha value is -2.49. The maximum absolute atomic E-state index is 13.5. The van der Waals surface area contributed by atoms with E-state index >= 15 is 0 Å². The first-order valence-electron chi connectivity index (χ1n) is 9.03. The van der Waals surface area contributed by atoms with Crippen LogP contribution in [0.1, 0.15) is 11.8 Å². The van der Waals surface area contributed by atoms with Crippen LogP contribution in [-0.4, -0.2) is 52.7 Å². The molecule has 146 valence electrons. The number of nitrogens with two attached hydrogens (primary N) is 1. The molecule has 0 bridgehead atoms. The van der Waals surface area contributed by atoms with Gasteiger partial charge in [-0.15, -0.1) is 5.10 Å². The summed E-state index contributed by atoms with van der Waals surface area (Å²) in [6, 6.07) is 14.6. The zero-order chi connectivity index (χ0) is 19.5. The van der Waals surface area contributed by atoms with Crippen LogP contribution >= 0.6 is 11.8 Å².